The van der Waals surface area contributed by atoms with Gasteiger partial charge in [-0.1, -0.05) is 39.0 Å². The Morgan fingerprint density at radius 3 is 2.47 bits per heavy atom. The average Bonchev–Trinajstić information content (AvgIpc) is 2.77. The van der Waals surface area contributed by atoms with E-state index < -0.39 is 11.6 Å². The summed E-state index contributed by atoms with van der Waals surface area (Å²) in [6.07, 6.45) is 8.94. The molecule has 0 aliphatic carbocycles. The van der Waals surface area contributed by atoms with Crippen LogP contribution in [0.1, 0.15) is 45.4 Å². The number of hydrogen-bond donors (Lipinski definition) is 0. The molecule has 0 saturated carbocycles. The van der Waals surface area contributed by atoms with Crippen molar-refractivity contribution in [3.8, 4) is 0 Å². The van der Waals surface area contributed by atoms with E-state index in [0.29, 0.717) is 11.0 Å². The molecule has 0 spiro atoms. The zero-order chi connectivity index (χ0) is 13.7. The number of benzene rings is 1. The molecule has 0 radical (unpaired) electrons. The summed E-state index contributed by atoms with van der Waals surface area (Å²) in [7, 11) is 0. The van der Waals surface area contributed by atoms with E-state index in [1.54, 1.807) is 6.33 Å². The Bertz CT molecular complexity index is 534. The van der Waals surface area contributed by atoms with E-state index in [0.717, 1.165) is 19.0 Å². The summed E-state index contributed by atoms with van der Waals surface area (Å²) in [5, 5.41) is 0. The Balaban J connectivity index is 1.92. The predicted molar refractivity (Wildman–Crippen MR) is 73.0 cm³/mol. The van der Waals surface area contributed by atoms with Crippen LogP contribution in [0.4, 0.5) is 8.78 Å². The van der Waals surface area contributed by atoms with Crippen molar-refractivity contribution >= 4 is 11.0 Å². The van der Waals surface area contributed by atoms with Crippen LogP contribution in [0.2, 0.25) is 0 Å². The van der Waals surface area contributed by atoms with Gasteiger partial charge in [-0.05, 0) is 6.42 Å². The Morgan fingerprint density at radius 2 is 1.68 bits per heavy atom. The van der Waals surface area contributed by atoms with Crippen molar-refractivity contribution in [1.29, 1.82) is 0 Å². The highest BCUT2D eigenvalue weighted by molar-refractivity contribution is 5.75. The molecule has 2 rings (SSSR count). The Hall–Kier alpha value is -1.45. The second-order valence-electron chi connectivity index (χ2n) is 4.96. The summed E-state index contributed by atoms with van der Waals surface area (Å²) in [4.78, 5) is 4.11. The molecule has 0 fully saturated rings. The molecule has 1 heterocycles. The molecule has 104 valence electrons. The number of aryl methyl sites for hydroxylation is 1. The fourth-order valence-electron chi connectivity index (χ4n) is 2.29. The topological polar surface area (TPSA) is 17.8 Å². The van der Waals surface area contributed by atoms with Crippen molar-refractivity contribution in [3.63, 3.8) is 0 Å². The minimum Gasteiger partial charge on any atom is -0.331 e. The number of halogens is 2. The number of rotatable bonds is 7. The van der Waals surface area contributed by atoms with Crippen LogP contribution >= 0.6 is 0 Å². The summed E-state index contributed by atoms with van der Waals surface area (Å²) < 4.78 is 28.2. The SMILES string of the molecule is CCCCCCCCn1cnc2cc(F)c(F)cc21. The van der Waals surface area contributed by atoms with Crippen LogP contribution in [-0.4, -0.2) is 9.55 Å². The number of aromatic nitrogens is 2. The molecule has 2 aromatic rings. The third-order valence-corrected chi connectivity index (χ3v) is 3.42. The van der Waals surface area contributed by atoms with E-state index >= 15 is 0 Å². The van der Waals surface area contributed by atoms with Gasteiger partial charge >= 0.3 is 0 Å². The lowest BCUT2D eigenvalue weighted by atomic mass is 10.1. The first kappa shape index (κ1) is 14.0. The molecule has 0 bridgehead atoms. The van der Waals surface area contributed by atoms with Crippen LogP contribution in [0.3, 0.4) is 0 Å². The number of fused-ring (bicyclic) bond motifs is 1. The molecule has 0 amide bonds. The molecule has 2 nitrogen and oxygen atoms in total. The van der Waals surface area contributed by atoms with E-state index in [4.69, 9.17) is 0 Å². The molecule has 19 heavy (non-hydrogen) atoms. The molecule has 0 atom stereocenters. The van der Waals surface area contributed by atoms with Crippen LogP contribution in [-0.2, 0) is 6.54 Å². The second kappa shape index (κ2) is 6.64. The van der Waals surface area contributed by atoms with Gasteiger partial charge in [-0.15, -0.1) is 0 Å². The zero-order valence-corrected chi connectivity index (χ0v) is 11.3. The minimum absolute atomic E-state index is 0.518. The predicted octanol–water partition coefficient (Wildman–Crippen LogP) is 4.68. The standard InChI is InChI=1S/C15H20F2N2/c1-2-3-4-5-6-7-8-19-11-18-14-9-12(16)13(17)10-15(14)19/h9-11H,2-8H2,1H3. The normalized spacial score (nSPS) is 11.3. The summed E-state index contributed by atoms with van der Waals surface area (Å²) in [6, 6.07) is 2.39. The highest BCUT2D eigenvalue weighted by atomic mass is 19.2. The molecule has 0 unspecified atom stereocenters. The molecule has 0 saturated heterocycles. The maximum Gasteiger partial charge on any atom is 0.161 e. The third kappa shape index (κ3) is 3.52. The Kier molecular flexibility index (Phi) is 4.88. The average molecular weight is 266 g/mol. The van der Waals surface area contributed by atoms with E-state index in [9.17, 15) is 8.78 Å². The van der Waals surface area contributed by atoms with Crippen molar-refractivity contribution in [2.24, 2.45) is 0 Å². The van der Waals surface area contributed by atoms with Gasteiger partial charge in [0, 0.05) is 18.7 Å². The van der Waals surface area contributed by atoms with Crippen molar-refractivity contribution in [2.45, 2.75) is 52.0 Å². The molecule has 1 aromatic heterocycles. The van der Waals surface area contributed by atoms with Gasteiger partial charge in [0.2, 0.25) is 0 Å². The second-order valence-corrected chi connectivity index (χ2v) is 4.96. The molecule has 0 N–H and O–H groups in total. The van der Waals surface area contributed by atoms with E-state index in [1.807, 2.05) is 4.57 Å². The van der Waals surface area contributed by atoms with Gasteiger partial charge in [0.1, 0.15) is 0 Å². The van der Waals surface area contributed by atoms with Crippen molar-refractivity contribution < 1.29 is 8.78 Å². The maximum absolute atomic E-state index is 13.2. The van der Waals surface area contributed by atoms with Crippen LogP contribution in [0.15, 0.2) is 18.5 Å². The molecular formula is C15H20F2N2. The smallest absolute Gasteiger partial charge is 0.161 e. The number of hydrogen-bond acceptors (Lipinski definition) is 1. The first-order valence-corrected chi connectivity index (χ1v) is 7.02. The van der Waals surface area contributed by atoms with Crippen molar-refractivity contribution in [2.75, 3.05) is 0 Å². The zero-order valence-electron chi connectivity index (χ0n) is 11.3. The highest BCUT2D eigenvalue weighted by Crippen LogP contribution is 2.18. The maximum atomic E-state index is 13.2. The summed E-state index contributed by atoms with van der Waals surface area (Å²) >= 11 is 0. The minimum atomic E-state index is -0.836. The van der Waals surface area contributed by atoms with E-state index in [-0.39, 0.29) is 0 Å². The molecular weight excluding hydrogens is 246 g/mol. The van der Waals surface area contributed by atoms with E-state index in [1.165, 1.54) is 38.2 Å². The van der Waals surface area contributed by atoms with Gasteiger partial charge in [0.25, 0.3) is 0 Å². The third-order valence-electron chi connectivity index (χ3n) is 3.42. The number of unbranched alkanes of at least 4 members (excludes halogenated alkanes) is 5. The van der Waals surface area contributed by atoms with Gasteiger partial charge in [0.05, 0.1) is 17.4 Å². The fourth-order valence-corrected chi connectivity index (χ4v) is 2.29. The van der Waals surface area contributed by atoms with Crippen LogP contribution < -0.4 is 0 Å². The Morgan fingerprint density at radius 1 is 1.00 bits per heavy atom. The quantitative estimate of drug-likeness (QED) is 0.666. The molecule has 1 aromatic carbocycles. The number of imidazole rings is 1. The van der Waals surface area contributed by atoms with Gasteiger partial charge in [0.15, 0.2) is 11.6 Å². The van der Waals surface area contributed by atoms with E-state index in [2.05, 4.69) is 11.9 Å². The van der Waals surface area contributed by atoms with Gasteiger partial charge in [-0.2, -0.15) is 0 Å². The lowest BCUT2D eigenvalue weighted by molar-refractivity contribution is 0.509. The summed E-state index contributed by atoms with van der Waals surface area (Å²) in [5.41, 5.74) is 1.19. The lowest BCUT2D eigenvalue weighted by Crippen LogP contribution is -1.97. The summed E-state index contributed by atoms with van der Waals surface area (Å²) in [6.45, 7) is 3.01. The van der Waals surface area contributed by atoms with Gasteiger partial charge in [-0.25, -0.2) is 13.8 Å². The first-order valence-electron chi connectivity index (χ1n) is 7.02. The Labute approximate surface area is 112 Å². The van der Waals surface area contributed by atoms with Crippen LogP contribution in [0.5, 0.6) is 0 Å². The molecule has 0 aliphatic rings. The molecule has 4 heteroatoms. The number of nitrogens with zero attached hydrogens (tertiary/aromatic N) is 2. The lowest BCUT2D eigenvalue weighted by Gasteiger charge is -2.04. The monoisotopic (exact) mass is 266 g/mol. The highest BCUT2D eigenvalue weighted by Gasteiger charge is 2.08. The van der Waals surface area contributed by atoms with Crippen LogP contribution in [0, 0.1) is 11.6 Å². The van der Waals surface area contributed by atoms with Crippen molar-refractivity contribution in [1.82, 2.24) is 9.55 Å². The van der Waals surface area contributed by atoms with Gasteiger partial charge < -0.3 is 4.57 Å². The largest absolute Gasteiger partial charge is 0.331 e. The van der Waals surface area contributed by atoms with Crippen LogP contribution in [0.25, 0.3) is 11.0 Å². The first-order chi connectivity index (χ1) is 9.22. The molecule has 0 aliphatic heterocycles. The summed E-state index contributed by atoms with van der Waals surface area (Å²) in [5.74, 6) is -1.64. The van der Waals surface area contributed by atoms with Gasteiger partial charge in [-0.3, -0.25) is 0 Å². The fraction of sp³-hybridized carbons (Fsp3) is 0.533. The van der Waals surface area contributed by atoms with Crippen molar-refractivity contribution in [3.05, 3.63) is 30.1 Å².